The molecule has 62 valence electrons. The van der Waals surface area contributed by atoms with Crippen molar-refractivity contribution in [2.45, 2.75) is 26.1 Å². The highest BCUT2D eigenvalue weighted by molar-refractivity contribution is 4.51. The first-order valence-corrected chi connectivity index (χ1v) is 3.51. The molecule has 0 aliphatic rings. The van der Waals surface area contributed by atoms with Gasteiger partial charge in [-0.1, -0.05) is 0 Å². The van der Waals surface area contributed by atoms with Crippen molar-refractivity contribution in [2.75, 3.05) is 20.3 Å². The molecule has 0 atom stereocenters. The SMILES string of the molecule is COC(C)(C)OCCCN. The summed E-state index contributed by atoms with van der Waals surface area (Å²) >= 11 is 0. The topological polar surface area (TPSA) is 44.5 Å². The molecule has 0 rings (SSSR count). The zero-order valence-corrected chi connectivity index (χ0v) is 7.02. The molecular formula is C7H17NO2. The molecule has 0 aliphatic carbocycles. The minimum Gasteiger partial charge on any atom is -0.354 e. The molecule has 0 unspecified atom stereocenters. The van der Waals surface area contributed by atoms with Gasteiger partial charge in [-0.05, 0) is 26.8 Å². The number of nitrogens with two attached hydrogens (primary N) is 1. The van der Waals surface area contributed by atoms with E-state index in [0.717, 1.165) is 6.42 Å². The van der Waals surface area contributed by atoms with E-state index in [1.54, 1.807) is 7.11 Å². The summed E-state index contributed by atoms with van der Waals surface area (Å²) in [6.45, 7) is 5.09. The van der Waals surface area contributed by atoms with Gasteiger partial charge in [0, 0.05) is 7.11 Å². The molecule has 2 N–H and O–H groups in total. The van der Waals surface area contributed by atoms with Crippen LogP contribution in [-0.4, -0.2) is 26.0 Å². The van der Waals surface area contributed by atoms with Gasteiger partial charge >= 0.3 is 0 Å². The normalized spacial score (nSPS) is 12.0. The number of hydrogen-bond acceptors (Lipinski definition) is 3. The van der Waals surface area contributed by atoms with Crippen LogP contribution in [0.1, 0.15) is 20.3 Å². The third-order valence-electron chi connectivity index (χ3n) is 1.29. The molecule has 0 fully saturated rings. The number of methoxy groups -OCH3 is 1. The van der Waals surface area contributed by atoms with Crippen LogP contribution in [0.3, 0.4) is 0 Å². The Morgan fingerprint density at radius 3 is 2.40 bits per heavy atom. The fraction of sp³-hybridized carbons (Fsp3) is 1.00. The molecule has 0 heterocycles. The van der Waals surface area contributed by atoms with Gasteiger partial charge in [0.2, 0.25) is 0 Å². The smallest absolute Gasteiger partial charge is 0.162 e. The lowest BCUT2D eigenvalue weighted by atomic mass is 10.4. The molecule has 0 amide bonds. The van der Waals surface area contributed by atoms with Gasteiger partial charge in [0.25, 0.3) is 0 Å². The van der Waals surface area contributed by atoms with Crippen LogP contribution in [0.4, 0.5) is 0 Å². The van der Waals surface area contributed by atoms with Crippen LogP contribution < -0.4 is 5.73 Å². The minimum atomic E-state index is -0.463. The Morgan fingerprint density at radius 2 is 2.00 bits per heavy atom. The Morgan fingerprint density at radius 1 is 1.40 bits per heavy atom. The van der Waals surface area contributed by atoms with Gasteiger partial charge < -0.3 is 15.2 Å². The first-order chi connectivity index (χ1) is 4.62. The number of hydrogen-bond donors (Lipinski definition) is 1. The maximum absolute atomic E-state index is 5.32. The van der Waals surface area contributed by atoms with E-state index in [4.69, 9.17) is 15.2 Å². The highest BCUT2D eigenvalue weighted by atomic mass is 16.7. The van der Waals surface area contributed by atoms with Crippen molar-refractivity contribution in [1.82, 2.24) is 0 Å². The van der Waals surface area contributed by atoms with Crippen LogP contribution >= 0.6 is 0 Å². The van der Waals surface area contributed by atoms with E-state index in [-0.39, 0.29) is 0 Å². The molecule has 3 heteroatoms. The van der Waals surface area contributed by atoms with Crippen molar-refractivity contribution in [3.05, 3.63) is 0 Å². The quantitative estimate of drug-likeness (QED) is 0.460. The Balaban J connectivity index is 3.28. The van der Waals surface area contributed by atoms with E-state index >= 15 is 0 Å². The third kappa shape index (κ3) is 4.73. The lowest BCUT2D eigenvalue weighted by molar-refractivity contribution is -0.197. The lowest BCUT2D eigenvalue weighted by Crippen LogP contribution is -2.27. The Labute approximate surface area is 62.5 Å². The largest absolute Gasteiger partial charge is 0.354 e. The zero-order valence-electron chi connectivity index (χ0n) is 7.02. The molecule has 0 spiro atoms. The molecule has 0 aliphatic heterocycles. The van der Waals surface area contributed by atoms with E-state index in [2.05, 4.69) is 0 Å². The van der Waals surface area contributed by atoms with Gasteiger partial charge in [-0.3, -0.25) is 0 Å². The molecule has 0 aromatic carbocycles. The van der Waals surface area contributed by atoms with Crippen LogP contribution in [0.25, 0.3) is 0 Å². The van der Waals surface area contributed by atoms with E-state index in [1.165, 1.54) is 0 Å². The van der Waals surface area contributed by atoms with Crippen molar-refractivity contribution in [3.63, 3.8) is 0 Å². The van der Waals surface area contributed by atoms with Crippen molar-refractivity contribution < 1.29 is 9.47 Å². The fourth-order valence-electron chi connectivity index (χ4n) is 0.460. The Kier molecular flexibility index (Phi) is 4.60. The predicted molar refractivity (Wildman–Crippen MR) is 40.7 cm³/mol. The van der Waals surface area contributed by atoms with Crippen LogP contribution in [0, 0.1) is 0 Å². The second-order valence-electron chi connectivity index (χ2n) is 2.59. The molecule has 0 bridgehead atoms. The summed E-state index contributed by atoms with van der Waals surface area (Å²) in [6.07, 6.45) is 0.882. The second-order valence-corrected chi connectivity index (χ2v) is 2.59. The maximum Gasteiger partial charge on any atom is 0.162 e. The van der Waals surface area contributed by atoms with E-state index in [9.17, 15) is 0 Å². The summed E-state index contributed by atoms with van der Waals surface area (Å²) in [5.74, 6) is -0.463. The van der Waals surface area contributed by atoms with Crippen molar-refractivity contribution >= 4 is 0 Å². The second kappa shape index (κ2) is 4.66. The third-order valence-corrected chi connectivity index (χ3v) is 1.29. The number of rotatable bonds is 5. The molecule has 0 radical (unpaired) electrons. The Bertz CT molecular complexity index is 83.7. The van der Waals surface area contributed by atoms with Crippen molar-refractivity contribution in [3.8, 4) is 0 Å². The summed E-state index contributed by atoms with van der Waals surface area (Å²) < 4.78 is 10.3. The zero-order chi connectivity index (χ0) is 8.04. The maximum atomic E-state index is 5.32. The van der Waals surface area contributed by atoms with Gasteiger partial charge in [-0.25, -0.2) is 0 Å². The van der Waals surface area contributed by atoms with Crippen molar-refractivity contribution in [2.24, 2.45) is 5.73 Å². The van der Waals surface area contributed by atoms with Gasteiger partial charge in [0.1, 0.15) is 0 Å². The van der Waals surface area contributed by atoms with Crippen molar-refractivity contribution in [1.29, 1.82) is 0 Å². The van der Waals surface area contributed by atoms with Gasteiger partial charge in [-0.15, -0.1) is 0 Å². The van der Waals surface area contributed by atoms with Gasteiger partial charge in [-0.2, -0.15) is 0 Å². The van der Waals surface area contributed by atoms with Crippen LogP contribution in [0.2, 0.25) is 0 Å². The molecule has 0 saturated carbocycles. The average molecular weight is 147 g/mol. The minimum absolute atomic E-state index is 0.463. The fourth-order valence-corrected chi connectivity index (χ4v) is 0.460. The average Bonchev–Trinajstić information content (AvgIpc) is 1.89. The van der Waals surface area contributed by atoms with E-state index in [1.807, 2.05) is 13.8 Å². The predicted octanol–water partition coefficient (Wildman–Crippen LogP) is 0.734. The molecule has 10 heavy (non-hydrogen) atoms. The molecular weight excluding hydrogens is 130 g/mol. The standard InChI is InChI=1S/C7H17NO2/c1-7(2,9-3)10-6-4-5-8/h4-6,8H2,1-3H3. The number of ether oxygens (including phenoxy) is 2. The summed E-state index contributed by atoms with van der Waals surface area (Å²) in [4.78, 5) is 0. The summed E-state index contributed by atoms with van der Waals surface area (Å²) in [7, 11) is 1.63. The molecule has 3 nitrogen and oxygen atoms in total. The highest BCUT2D eigenvalue weighted by Gasteiger charge is 2.14. The van der Waals surface area contributed by atoms with Gasteiger partial charge in [0.05, 0.1) is 6.61 Å². The van der Waals surface area contributed by atoms with E-state index in [0.29, 0.717) is 13.2 Å². The van der Waals surface area contributed by atoms with Gasteiger partial charge in [0.15, 0.2) is 5.79 Å². The molecule has 0 aromatic heterocycles. The van der Waals surface area contributed by atoms with Crippen LogP contribution in [0.5, 0.6) is 0 Å². The molecule has 0 saturated heterocycles. The monoisotopic (exact) mass is 147 g/mol. The van der Waals surface area contributed by atoms with Crippen LogP contribution in [-0.2, 0) is 9.47 Å². The first-order valence-electron chi connectivity index (χ1n) is 3.51. The first kappa shape index (κ1) is 9.88. The van der Waals surface area contributed by atoms with E-state index < -0.39 is 5.79 Å². The highest BCUT2D eigenvalue weighted by Crippen LogP contribution is 2.08. The summed E-state index contributed by atoms with van der Waals surface area (Å²) in [6, 6.07) is 0. The Hall–Kier alpha value is -0.120. The summed E-state index contributed by atoms with van der Waals surface area (Å²) in [5.41, 5.74) is 5.28. The lowest BCUT2D eigenvalue weighted by Gasteiger charge is -2.22. The molecule has 0 aromatic rings. The summed E-state index contributed by atoms with van der Waals surface area (Å²) in [5, 5.41) is 0. The van der Waals surface area contributed by atoms with Crippen LogP contribution in [0.15, 0.2) is 0 Å².